The average molecular weight is 250 g/mol. The van der Waals surface area contributed by atoms with Crippen LogP contribution in [0.2, 0.25) is 0 Å². The lowest BCUT2D eigenvalue weighted by molar-refractivity contribution is -0.123. The van der Waals surface area contributed by atoms with Crippen LogP contribution in [0.5, 0.6) is 0 Å². The minimum atomic E-state index is -0.997. The molecule has 0 spiro atoms. The Balaban J connectivity index is 2.85. The zero-order valence-corrected chi connectivity index (χ0v) is 11.0. The fraction of sp³-hybridized carbons (Fsp3) is 0.727. The van der Waals surface area contributed by atoms with E-state index in [0.717, 1.165) is 12.8 Å². The number of hydrogen-bond acceptors (Lipinski definition) is 5. The van der Waals surface area contributed by atoms with Crippen molar-refractivity contribution in [3.8, 4) is 6.07 Å². The molecule has 1 aromatic heterocycles. The normalized spacial score (nSPS) is 11.0. The summed E-state index contributed by atoms with van der Waals surface area (Å²) in [5.74, 6) is -0.212. The van der Waals surface area contributed by atoms with E-state index in [4.69, 9.17) is 0 Å². The molecule has 0 saturated carbocycles. The van der Waals surface area contributed by atoms with Crippen molar-refractivity contribution in [2.24, 2.45) is 12.5 Å². The number of nitriles is 1. The lowest BCUT2D eigenvalue weighted by atomic mass is 9.80. The molecule has 1 aromatic rings. The molecule has 0 bridgehead atoms. The Morgan fingerprint density at radius 2 is 2.06 bits per heavy atom. The fourth-order valence-corrected chi connectivity index (χ4v) is 1.92. The smallest absolute Gasteiger partial charge is 0.270 e. The molecule has 0 unspecified atom stereocenters. The summed E-state index contributed by atoms with van der Waals surface area (Å²) < 4.78 is 0. The maximum atomic E-state index is 12.2. The van der Waals surface area contributed by atoms with E-state index in [0.29, 0.717) is 12.8 Å². The van der Waals surface area contributed by atoms with Crippen LogP contribution in [-0.2, 0) is 11.8 Å². The van der Waals surface area contributed by atoms with Crippen LogP contribution in [0.3, 0.4) is 0 Å². The van der Waals surface area contributed by atoms with Crippen molar-refractivity contribution in [3.05, 3.63) is 0 Å². The number of hydrogen-bond donors (Lipinski definition) is 1. The number of aryl methyl sites for hydroxylation is 1. The number of rotatable bonds is 6. The van der Waals surface area contributed by atoms with Crippen LogP contribution in [0, 0.1) is 16.7 Å². The van der Waals surface area contributed by atoms with E-state index < -0.39 is 5.41 Å². The second kappa shape index (κ2) is 6.10. The minimum Gasteiger partial charge on any atom is -0.290 e. The Hall–Kier alpha value is -1.97. The Kier molecular flexibility index (Phi) is 4.77. The van der Waals surface area contributed by atoms with Gasteiger partial charge in [-0.15, -0.1) is 5.10 Å². The highest BCUT2D eigenvalue weighted by molar-refractivity contribution is 5.95. The highest BCUT2D eigenvalue weighted by Gasteiger charge is 2.37. The molecule has 0 saturated heterocycles. The summed E-state index contributed by atoms with van der Waals surface area (Å²) in [6.45, 7) is 3.91. The van der Waals surface area contributed by atoms with Crippen LogP contribution in [-0.4, -0.2) is 26.1 Å². The van der Waals surface area contributed by atoms with Gasteiger partial charge in [0, 0.05) is 0 Å². The van der Waals surface area contributed by atoms with Gasteiger partial charge >= 0.3 is 0 Å². The lowest BCUT2D eigenvalue weighted by Crippen LogP contribution is -2.35. The van der Waals surface area contributed by atoms with Crippen molar-refractivity contribution in [2.75, 3.05) is 5.32 Å². The number of nitrogens with one attached hydrogen (secondary N) is 1. The van der Waals surface area contributed by atoms with Gasteiger partial charge in [-0.25, -0.2) is 0 Å². The molecule has 0 aliphatic carbocycles. The van der Waals surface area contributed by atoms with Gasteiger partial charge < -0.3 is 0 Å². The topological polar surface area (TPSA) is 96.5 Å². The highest BCUT2D eigenvalue weighted by Crippen LogP contribution is 2.30. The zero-order valence-electron chi connectivity index (χ0n) is 11.0. The van der Waals surface area contributed by atoms with Crippen molar-refractivity contribution in [1.29, 1.82) is 5.26 Å². The van der Waals surface area contributed by atoms with Crippen molar-refractivity contribution >= 4 is 11.9 Å². The quantitative estimate of drug-likeness (QED) is 0.819. The first-order chi connectivity index (χ1) is 8.57. The Morgan fingerprint density at radius 3 is 2.44 bits per heavy atom. The molecule has 0 radical (unpaired) electrons. The maximum absolute atomic E-state index is 12.2. The number of amides is 1. The van der Waals surface area contributed by atoms with E-state index >= 15 is 0 Å². The van der Waals surface area contributed by atoms with E-state index in [9.17, 15) is 10.1 Å². The minimum absolute atomic E-state index is 0.134. The predicted octanol–water partition coefficient (Wildman–Crippen LogP) is 1.26. The van der Waals surface area contributed by atoms with Crippen molar-refractivity contribution in [2.45, 2.75) is 39.5 Å². The number of nitrogens with zero attached hydrogens (tertiary/aromatic N) is 5. The third kappa shape index (κ3) is 3.03. The number of aromatic nitrogens is 4. The van der Waals surface area contributed by atoms with E-state index in [1.165, 1.54) is 4.80 Å². The summed E-state index contributed by atoms with van der Waals surface area (Å²) >= 11 is 0. The van der Waals surface area contributed by atoms with Gasteiger partial charge in [-0.3, -0.25) is 10.1 Å². The summed E-state index contributed by atoms with van der Waals surface area (Å²) in [7, 11) is 1.61. The van der Waals surface area contributed by atoms with Crippen LogP contribution in [0.4, 0.5) is 5.95 Å². The molecule has 0 aromatic carbocycles. The summed E-state index contributed by atoms with van der Waals surface area (Å²) in [5, 5.41) is 23.1. The molecular formula is C11H18N6O. The molecule has 1 rings (SSSR count). The summed E-state index contributed by atoms with van der Waals surface area (Å²) in [5.41, 5.74) is -0.997. The van der Waals surface area contributed by atoms with E-state index in [1.807, 2.05) is 13.8 Å². The van der Waals surface area contributed by atoms with E-state index in [-0.39, 0.29) is 11.9 Å². The summed E-state index contributed by atoms with van der Waals surface area (Å²) in [4.78, 5) is 13.5. The Bertz CT molecular complexity index is 441. The summed E-state index contributed by atoms with van der Waals surface area (Å²) in [6.07, 6.45) is 2.61. The third-order valence-corrected chi connectivity index (χ3v) is 2.74. The van der Waals surface area contributed by atoms with Crippen molar-refractivity contribution in [1.82, 2.24) is 20.2 Å². The predicted molar refractivity (Wildman–Crippen MR) is 65.3 cm³/mol. The molecule has 7 heteroatoms. The lowest BCUT2D eigenvalue weighted by Gasteiger charge is -2.23. The molecule has 1 N–H and O–H groups in total. The first-order valence-electron chi connectivity index (χ1n) is 6.04. The van der Waals surface area contributed by atoms with Gasteiger partial charge in [0.2, 0.25) is 5.91 Å². The molecule has 0 aliphatic rings. The first-order valence-corrected chi connectivity index (χ1v) is 6.04. The number of anilines is 1. The van der Waals surface area contributed by atoms with Crippen molar-refractivity contribution < 1.29 is 4.79 Å². The standard InChI is InChI=1S/C11H18N6O/c1-4-6-11(8-12,7-5-2)9(18)13-10-14-16-17(3)15-10/h4-7H2,1-3H3,(H,13,15,18). The van der Waals surface area contributed by atoms with Gasteiger partial charge in [0.05, 0.1) is 13.1 Å². The molecule has 0 atom stereocenters. The van der Waals surface area contributed by atoms with Crippen LogP contribution < -0.4 is 5.32 Å². The SMILES string of the molecule is CCCC(C#N)(CCC)C(=O)Nc1nnn(C)n1. The molecule has 7 nitrogen and oxygen atoms in total. The second-order valence-electron chi connectivity index (χ2n) is 4.25. The van der Waals surface area contributed by atoms with E-state index in [2.05, 4.69) is 26.8 Å². The van der Waals surface area contributed by atoms with Gasteiger partial charge in [-0.05, 0) is 18.1 Å². The van der Waals surface area contributed by atoms with Gasteiger partial charge in [0.15, 0.2) is 0 Å². The molecule has 1 heterocycles. The van der Waals surface area contributed by atoms with Crippen molar-refractivity contribution in [3.63, 3.8) is 0 Å². The van der Waals surface area contributed by atoms with Crippen LogP contribution in [0.25, 0.3) is 0 Å². The molecule has 98 valence electrons. The molecular weight excluding hydrogens is 232 g/mol. The highest BCUT2D eigenvalue weighted by atomic mass is 16.2. The average Bonchev–Trinajstić information content (AvgIpc) is 2.74. The Morgan fingerprint density at radius 1 is 1.44 bits per heavy atom. The van der Waals surface area contributed by atoms with Crippen LogP contribution in [0.15, 0.2) is 0 Å². The van der Waals surface area contributed by atoms with Crippen LogP contribution in [0.1, 0.15) is 39.5 Å². The van der Waals surface area contributed by atoms with Crippen LogP contribution >= 0.6 is 0 Å². The zero-order chi connectivity index (χ0) is 13.6. The Labute approximate surface area is 106 Å². The number of carbonyl (C=O) groups is 1. The van der Waals surface area contributed by atoms with Gasteiger partial charge in [0.25, 0.3) is 5.95 Å². The van der Waals surface area contributed by atoms with Gasteiger partial charge in [0.1, 0.15) is 5.41 Å². The van der Waals surface area contributed by atoms with Gasteiger partial charge in [-0.2, -0.15) is 10.1 Å². The molecule has 0 aliphatic heterocycles. The largest absolute Gasteiger partial charge is 0.290 e. The monoisotopic (exact) mass is 250 g/mol. The maximum Gasteiger partial charge on any atom is 0.270 e. The summed E-state index contributed by atoms with van der Waals surface area (Å²) in [6, 6.07) is 2.15. The fourth-order valence-electron chi connectivity index (χ4n) is 1.92. The third-order valence-electron chi connectivity index (χ3n) is 2.74. The second-order valence-corrected chi connectivity index (χ2v) is 4.25. The van der Waals surface area contributed by atoms with Gasteiger partial charge in [-0.1, -0.05) is 31.8 Å². The number of carbonyl (C=O) groups excluding carboxylic acids is 1. The molecule has 1 amide bonds. The number of tetrazole rings is 1. The first kappa shape index (κ1) is 14.1. The molecule has 0 fully saturated rings. The van der Waals surface area contributed by atoms with E-state index in [1.54, 1.807) is 7.05 Å². The molecule has 18 heavy (non-hydrogen) atoms.